The van der Waals surface area contributed by atoms with Crippen molar-refractivity contribution in [3.63, 3.8) is 0 Å². The van der Waals surface area contributed by atoms with Crippen molar-refractivity contribution in [3.05, 3.63) is 11.6 Å². The lowest BCUT2D eigenvalue weighted by Gasteiger charge is -2.58. The first-order valence-corrected chi connectivity index (χ1v) is 11.8. The molecular weight excluding hydrogens is 396 g/mol. The summed E-state index contributed by atoms with van der Waals surface area (Å²) >= 11 is 0. The first kappa shape index (κ1) is 22.2. The van der Waals surface area contributed by atoms with Gasteiger partial charge in [0.2, 0.25) is 0 Å². The van der Waals surface area contributed by atoms with Gasteiger partial charge >= 0.3 is 11.9 Å². The summed E-state index contributed by atoms with van der Waals surface area (Å²) < 4.78 is 5.66. The molecule has 0 saturated heterocycles. The number of ketones is 2. The number of aliphatic carboxylic acids is 1. The van der Waals surface area contributed by atoms with Gasteiger partial charge in [-0.2, -0.15) is 0 Å². The van der Waals surface area contributed by atoms with Crippen LogP contribution in [0.3, 0.4) is 0 Å². The minimum atomic E-state index is -1.01. The van der Waals surface area contributed by atoms with Crippen LogP contribution in [0.2, 0.25) is 0 Å². The maximum Gasteiger partial charge on any atom is 0.306 e. The molecule has 3 saturated carbocycles. The first-order valence-electron chi connectivity index (χ1n) is 11.8. The number of carbonyl (C=O) groups is 4. The summed E-state index contributed by atoms with van der Waals surface area (Å²) in [6, 6.07) is 0. The molecule has 0 radical (unpaired) electrons. The molecule has 0 aromatic carbocycles. The minimum Gasteiger partial charge on any atom is -0.481 e. The molecule has 4 aliphatic carbocycles. The third kappa shape index (κ3) is 3.76. The summed E-state index contributed by atoms with van der Waals surface area (Å²) in [5.74, 6) is 0.442. The average molecular weight is 431 g/mol. The van der Waals surface area contributed by atoms with Crippen molar-refractivity contribution in [2.45, 2.75) is 78.1 Å². The van der Waals surface area contributed by atoms with E-state index in [1.807, 2.05) is 0 Å². The first-order chi connectivity index (χ1) is 14.7. The fraction of sp³-hybridized carbons (Fsp3) is 0.760. The van der Waals surface area contributed by atoms with E-state index >= 15 is 0 Å². The molecule has 6 nitrogen and oxygen atoms in total. The van der Waals surface area contributed by atoms with Gasteiger partial charge in [-0.25, -0.2) is 0 Å². The Morgan fingerprint density at radius 1 is 1.06 bits per heavy atom. The van der Waals surface area contributed by atoms with Gasteiger partial charge in [0.05, 0.1) is 12.8 Å². The Balaban J connectivity index is 1.59. The number of Topliss-reactive ketones (excluding diaryl/α,β-unsaturated/α-hetero) is 1. The maximum atomic E-state index is 12.3. The number of hydrogen-bond acceptors (Lipinski definition) is 5. The third-order valence-electron chi connectivity index (χ3n) is 9.21. The molecule has 0 unspecified atom stereocenters. The lowest BCUT2D eigenvalue weighted by molar-refractivity contribution is -0.155. The van der Waals surface area contributed by atoms with Crippen LogP contribution in [0.5, 0.6) is 0 Å². The molecule has 0 spiro atoms. The van der Waals surface area contributed by atoms with E-state index in [2.05, 4.69) is 6.92 Å². The molecule has 3 fully saturated rings. The fourth-order valence-electron chi connectivity index (χ4n) is 7.79. The molecule has 4 aliphatic rings. The van der Waals surface area contributed by atoms with E-state index < -0.39 is 11.9 Å². The highest BCUT2D eigenvalue weighted by Crippen LogP contribution is 2.66. The van der Waals surface area contributed by atoms with E-state index in [9.17, 15) is 19.2 Å². The number of carboxylic acids is 1. The second-order valence-corrected chi connectivity index (χ2v) is 10.5. The highest BCUT2D eigenvalue weighted by Gasteiger charge is 2.61. The molecule has 0 bridgehead atoms. The molecule has 1 N–H and O–H groups in total. The highest BCUT2D eigenvalue weighted by molar-refractivity contribution is 5.91. The Hall–Kier alpha value is -1.98. The normalized spacial score (nSPS) is 39.0. The van der Waals surface area contributed by atoms with Crippen molar-refractivity contribution in [2.75, 3.05) is 6.61 Å². The zero-order valence-corrected chi connectivity index (χ0v) is 18.7. The Kier molecular flexibility index (Phi) is 5.86. The van der Waals surface area contributed by atoms with Crippen molar-refractivity contribution >= 4 is 23.5 Å². The fourth-order valence-corrected chi connectivity index (χ4v) is 7.79. The van der Waals surface area contributed by atoms with Gasteiger partial charge in [-0.15, -0.1) is 0 Å². The molecule has 6 atom stereocenters. The van der Waals surface area contributed by atoms with E-state index in [4.69, 9.17) is 9.84 Å². The number of carbonyl (C=O) groups excluding carboxylic acids is 3. The maximum absolute atomic E-state index is 12.3. The molecule has 31 heavy (non-hydrogen) atoms. The molecular formula is C25H34O6. The summed E-state index contributed by atoms with van der Waals surface area (Å²) in [4.78, 5) is 47.6. The molecule has 0 heterocycles. The van der Waals surface area contributed by atoms with Crippen LogP contribution in [0, 0.1) is 34.5 Å². The van der Waals surface area contributed by atoms with Crippen LogP contribution in [-0.4, -0.2) is 35.2 Å². The number of fused-ring (bicyclic) bond motifs is 5. The number of carboxylic acid groups (broad SMARTS) is 1. The van der Waals surface area contributed by atoms with E-state index in [-0.39, 0.29) is 42.0 Å². The summed E-state index contributed by atoms with van der Waals surface area (Å²) in [6.45, 7) is 4.28. The molecule has 4 rings (SSSR count). The van der Waals surface area contributed by atoms with Gasteiger partial charge in [-0.3, -0.25) is 19.2 Å². The predicted octanol–water partition coefficient (Wildman–Crippen LogP) is 4.11. The van der Waals surface area contributed by atoms with Crippen molar-refractivity contribution < 1.29 is 29.0 Å². The van der Waals surface area contributed by atoms with Crippen LogP contribution >= 0.6 is 0 Å². The van der Waals surface area contributed by atoms with Gasteiger partial charge in [0.1, 0.15) is 12.4 Å². The van der Waals surface area contributed by atoms with Crippen molar-refractivity contribution in [1.82, 2.24) is 0 Å². The average Bonchev–Trinajstić information content (AvgIpc) is 3.08. The highest BCUT2D eigenvalue weighted by atomic mass is 16.5. The largest absolute Gasteiger partial charge is 0.481 e. The molecule has 0 aliphatic heterocycles. The van der Waals surface area contributed by atoms with Gasteiger partial charge in [-0.1, -0.05) is 12.5 Å². The zero-order valence-electron chi connectivity index (χ0n) is 18.7. The van der Waals surface area contributed by atoms with Gasteiger partial charge in [0.25, 0.3) is 0 Å². The van der Waals surface area contributed by atoms with Crippen LogP contribution in [0.4, 0.5) is 0 Å². The summed E-state index contributed by atoms with van der Waals surface area (Å²) in [5.41, 5.74) is 0.865. The Morgan fingerprint density at radius 2 is 1.84 bits per heavy atom. The van der Waals surface area contributed by atoms with Gasteiger partial charge < -0.3 is 9.84 Å². The third-order valence-corrected chi connectivity index (χ3v) is 9.21. The van der Waals surface area contributed by atoms with Gasteiger partial charge in [-0.05, 0) is 81.1 Å². The molecule has 0 amide bonds. The van der Waals surface area contributed by atoms with Crippen molar-refractivity contribution in [3.8, 4) is 0 Å². The smallest absolute Gasteiger partial charge is 0.306 e. The summed E-state index contributed by atoms with van der Waals surface area (Å²) in [7, 11) is 0. The van der Waals surface area contributed by atoms with E-state index in [1.54, 1.807) is 13.0 Å². The standard InChI is InChI=1S/C25H34O6/c1-15(26)19-5-6-20-18-4-3-16-13-17(27)9-12-25(16,21(18)10-11-24(19,20)2)14-31-23(30)8-7-22(28)29/h13,18-21H,3-12,14H2,1-2H3,(H,28,29)/t18-,19-,20+,21-,24-,25-/m1/s1. The number of hydrogen-bond donors (Lipinski definition) is 1. The van der Waals surface area contributed by atoms with E-state index in [1.165, 1.54) is 0 Å². The topological polar surface area (TPSA) is 97.7 Å². The SMILES string of the molecule is CC(=O)[C@H]1CC[C@H]2[C@H]3CCC4=CC(=O)CC[C@]4(COC(=O)CCC(=O)O)[C@@H]3CC[C@]12C. The Bertz CT molecular complexity index is 828. The lowest BCUT2D eigenvalue weighted by atomic mass is 9.46. The lowest BCUT2D eigenvalue weighted by Crippen LogP contribution is -2.53. The van der Waals surface area contributed by atoms with Crippen LogP contribution in [0.15, 0.2) is 11.6 Å². The predicted molar refractivity (Wildman–Crippen MR) is 113 cm³/mol. The summed E-state index contributed by atoms with van der Waals surface area (Å²) in [5, 5.41) is 8.84. The number of rotatable bonds is 6. The van der Waals surface area contributed by atoms with Crippen LogP contribution in [0.25, 0.3) is 0 Å². The molecule has 6 heteroatoms. The van der Waals surface area contributed by atoms with Gasteiger partial charge in [0, 0.05) is 17.8 Å². The van der Waals surface area contributed by atoms with Crippen molar-refractivity contribution in [1.29, 1.82) is 0 Å². The quantitative estimate of drug-likeness (QED) is 0.637. The number of ether oxygens (including phenoxy) is 1. The Labute approximate surface area is 183 Å². The van der Waals surface area contributed by atoms with E-state index in [0.29, 0.717) is 36.4 Å². The second kappa shape index (κ2) is 8.18. The zero-order chi connectivity index (χ0) is 22.4. The number of esters is 1. The monoisotopic (exact) mass is 430 g/mol. The summed E-state index contributed by atoms with van der Waals surface area (Å²) in [6.07, 6.45) is 8.52. The van der Waals surface area contributed by atoms with Crippen LogP contribution in [-0.2, 0) is 23.9 Å². The molecule has 0 aromatic rings. The Morgan fingerprint density at radius 3 is 2.55 bits per heavy atom. The molecule has 0 aromatic heterocycles. The van der Waals surface area contributed by atoms with Gasteiger partial charge in [0.15, 0.2) is 5.78 Å². The van der Waals surface area contributed by atoms with Crippen molar-refractivity contribution in [2.24, 2.45) is 34.5 Å². The van der Waals surface area contributed by atoms with Crippen LogP contribution < -0.4 is 0 Å². The van der Waals surface area contributed by atoms with E-state index in [0.717, 1.165) is 44.1 Å². The van der Waals surface area contributed by atoms with Crippen LogP contribution in [0.1, 0.15) is 78.1 Å². The minimum absolute atomic E-state index is 0.0536. The second-order valence-electron chi connectivity index (χ2n) is 10.5. The molecule has 170 valence electrons.